The first-order valence-corrected chi connectivity index (χ1v) is 10.2. The van der Waals surface area contributed by atoms with Crippen molar-refractivity contribution in [2.45, 2.75) is 26.4 Å². The van der Waals surface area contributed by atoms with Crippen LogP contribution < -0.4 is 4.90 Å². The average Bonchev–Trinajstić information content (AvgIpc) is 3.03. The number of rotatable bonds is 4. The van der Waals surface area contributed by atoms with Crippen LogP contribution in [0.1, 0.15) is 31.3 Å². The summed E-state index contributed by atoms with van der Waals surface area (Å²) in [5, 5.41) is 1.34. The van der Waals surface area contributed by atoms with Gasteiger partial charge in [-0.05, 0) is 50.7 Å². The predicted molar refractivity (Wildman–Crippen MR) is 114 cm³/mol. The summed E-state index contributed by atoms with van der Waals surface area (Å²) in [6.45, 7) is 8.20. The topological polar surface area (TPSA) is 24.3 Å². The number of likely N-dealkylation sites (N-methyl/N-ethyl adjacent to an activating group) is 1. The Bertz CT molecular complexity index is 978. The van der Waals surface area contributed by atoms with Crippen LogP contribution in [0, 0.1) is 0 Å². The van der Waals surface area contributed by atoms with Crippen LogP contribution in [0.3, 0.4) is 0 Å². The highest BCUT2D eigenvalue weighted by Gasteiger charge is 2.32. The molecule has 0 spiro atoms. The van der Waals surface area contributed by atoms with Gasteiger partial charge in [-0.15, -0.1) is 0 Å². The van der Waals surface area contributed by atoms with Crippen LogP contribution in [-0.4, -0.2) is 41.1 Å². The van der Waals surface area contributed by atoms with Gasteiger partial charge in [0.05, 0.1) is 22.8 Å². The fourth-order valence-corrected chi connectivity index (χ4v) is 4.63. The van der Waals surface area contributed by atoms with Crippen molar-refractivity contribution in [3.8, 4) is 0 Å². The Hall–Kier alpha value is -1.75. The lowest BCUT2D eigenvalue weighted by atomic mass is 10.0. The summed E-state index contributed by atoms with van der Waals surface area (Å²) < 4.78 is 2.37. The van der Waals surface area contributed by atoms with Crippen molar-refractivity contribution in [3.05, 3.63) is 57.8 Å². The molecule has 1 aliphatic rings. The fraction of sp³-hybridized carbons (Fsp3) is 0.381. The highest BCUT2D eigenvalue weighted by Crippen LogP contribution is 2.39. The Morgan fingerprint density at radius 3 is 2.59 bits per heavy atom. The van der Waals surface area contributed by atoms with Gasteiger partial charge in [-0.3, -0.25) is 4.90 Å². The molecule has 6 heteroatoms. The van der Waals surface area contributed by atoms with Crippen LogP contribution in [-0.2, 0) is 6.54 Å². The molecule has 4 nitrogen and oxygen atoms in total. The van der Waals surface area contributed by atoms with E-state index in [2.05, 4.69) is 53.5 Å². The Morgan fingerprint density at radius 2 is 1.89 bits per heavy atom. The number of benzene rings is 2. The number of para-hydroxylation sites is 1. The zero-order chi connectivity index (χ0) is 19.1. The largest absolute Gasteiger partial charge is 0.370 e. The number of fused-ring (bicyclic) bond motifs is 3. The average molecular weight is 403 g/mol. The lowest BCUT2D eigenvalue weighted by Crippen LogP contribution is -2.36. The molecule has 27 heavy (non-hydrogen) atoms. The van der Waals surface area contributed by atoms with Gasteiger partial charge in [-0.1, -0.05) is 35.3 Å². The van der Waals surface area contributed by atoms with Gasteiger partial charge in [0.15, 0.2) is 0 Å². The summed E-state index contributed by atoms with van der Waals surface area (Å²) in [7, 11) is 2.13. The zero-order valence-electron chi connectivity index (χ0n) is 15.9. The van der Waals surface area contributed by atoms with Crippen LogP contribution in [0.4, 0.5) is 5.69 Å². The Kier molecular flexibility index (Phi) is 5.06. The van der Waals surface area contributed by atoms with E-state index >= 15 is 0 Å². The van der Waals surface area contributed by atoms with Gasteiger partial charge >= 0.3 is 0 Å². The Balaban J connectivity index is 1.93. The first-order chi connectivity index (χ1) is 13.0. The molecule has 0 aliphatic carbocycles. The second kappa shape index (κ2) is 7.34. The number of anilines is 1. The van der Waals surface area contributed by atoms with Gasteiger partial charge in [0.2, 0.25) is 0 Å². The lowest BCUT2D eigenvalue weighted by molar-refractivity contribution is 0.224. The van der Waals surface area contributed by atoms with Gasteiger partial charge in [-0.2, -0.15) is 0 Å². The lowest BCUT2D eigenvalue weighted by Gasteiger charge is -2.34. The summed E-state index contributed by atoms with van der Waals surface area (Å²) >= 11 is 12.7. The van der Waals surface area contributed by atoms with Crippen LogP contribution in [0.15, 0.2) is 36.4 Å². The van der Waals surface area contributed by atoms with E-state index in [0.29, 0.717) is 10.0 Å². The maximum atomic E-state index is 6.56. The molecule has 0 bridgehead atoms. The van der Waals surface area contributed by atoms with Crippen molar-refractivity contribution in [3.63, 3.8) is 0 Å². The van der Waals surface area contributed by atoms with Gasteiger partial charge in [0.25, 0.3) is 0 Å². The first kappa shape index (κ1) is 18.6. The number of hydrogen-bond acceptors (Lipinski definition) is 3. The van der Waals surface area contributed by atoms with Crippen LogP contribution in [0.5, 0.6) is 0 Å². The van der Waals surface area contributed by atoms with E-state index in [-0.39, 0.29) is 6.04 Å². The van der Waals surface area contributed by atoms with Crippen molar-refractivity contribution >= 4 is 39.9 Å². The minimum atomic E-state index is 0.0143. The zero-order valence-corrected chi connectivity index (χ0v) is 17.4. The number of hydrogen-bond donors (Lipinski definition) is 0. The molecule has 3 aromatic rings. The molecule has 2 aromatic carbocycles. The summed E-state index contributed by atoms with van der Waals surface area (Å²) in [6, 6.07) is 12.2. The maximum Gasteiger partial charge on any atom is 0.132 e. The van der Waals surface area contributed by atoms with Crippen molar-refractivity contribution in [1.82, 2.24) is 14.5 Å². The molecule has 1 aromatic heterocycles. The maximum absolute atomic E-state index is 6.56. The molecular formula is C21H24Cl2N4. The third-order valence-electron chi connectivity index (χ3n) is 5.50. The molecule has 4 rings (SSSR count). The fourth-order valence-electron chi connectivity index (χ4n) is 4.12. The number of imidazole rings is 1. The van der Waals surface area contributed by atoms with E-state index in [1.165, 1.54) is 11.2 Å². The predicted octanol–water partition coefficient (Wildman–Crippen LogP) is 5.22. The quantitative estimate of drug-likeness (QED) is 0.597. The minimum Gasteiger partial charge on any atom is -0.370 e. The van der Waals surface area contributed by atoms with Crippen molar-refractivity contribution in [1.29, 1.82) is 0 Å². The Labute approximate surface area is 170 Å². The van der Waals surface area contributed by atoms with E-state index in [0.717, 1.165) is 43.1 Å². The van der Waals surface area contributed by atoms with Gasteiger partial charge < -0.3 is 9.47 Å². The van der Waals surface area contributed by atoms with Crippen molar-refractivity contribution < 1.29 is 0 Å². The molecule has 2 heterocycles. The van der Waals surface area contributed by atoms with Crippen molar-refractivity contribution in [2.24, 2.45) is 0 Å². The molecule has 1 atom stereocenters. The summed E-state index contributed by atoms with van der Waals surface area (Å²) in [5.74, 6) is 1.04. The normalized spacial score (nSPS) is 17.3. The molecule has 1 aliphatic heterocycles. The molecular weight excluding hydrogens is 379 g/mol. The molecule has 0 fully saturated rings. The SMILES string of the molecule is CCN(CC)c1cccc2nc3n(c12)CCN(C)C3c1ccc(Cl)cc1Cl. The van der Waals surface area contributed by atoms with E-state index in [9.17, 15) is 0 Å². The summed E-state index contributed by atoms with van der Waals surface area (Å²) in [6.07, 6.45) is 0. The molecule has 1 unspecified atom stereocenters. The molecule has 0 N–H and O–H groups in total. The molecule has 0 saturated carbocycles. The van der Waals surface area contributed by atoms with Crippen LogP contribution >= 0.6 is 23.2 Å². The second-order valence-corrected chi connectivity index (χ2v) is 7.83. The highest BCUT2D eigenvalue weighted by molar-refractivity contribution is 6.35. The van der Waals surface area contributed by atoms with Gasteiger partial charge in [-0.25, -0.2) is 4.98 Å². The standard InChI is InChI=1S/C21H24Cl2N4/c1-4-26(5-2)18-8-6-7-17-20(18)27-12-11-25(3)19(21(27)24-17)15-10-9-14(22)13-16(15)23/h6-10,13,19H,4-5,11-12H2,1-3H3. The molecule has 142 valence electrons. The van der Waals surface area contributed by atoms with Crippen LogP contribution in [0.25, 0.3) is 11.0 Å². The molecule has 0 saturated heterocycles. The smallest absolute Gasteiger partial charge is 0.132 e. The monoisotopic (exact) mass is 402 g/mol. The molecule has 0 amide bonds. The number of nitrogens with zero attached hydrogens (tertiary/aromatic N) is 4. The van der Waals surface area contributed by atoms with Gasteiger partial charge in [0, 0.05) is 36.2 Å². The third-order valence-corrected chi connectivity index (χ3v) is 6.06. The second-order valence-electron chi connectivity index (χ2n) is 6.99. The van der Waals surface area contributed by atoms with Gasteiger partial charge in [0.1, 0.15) is 5.82 Å². The van der Waals surface area contributed by atoms with Crippen LogP contribution in [0.2, 0.25) is 10.0 Å². The molecule has 0 radical (unpaired) electrons. The number of halogens is 2. The van der Waals surface area contributed by atoms with E-state index in [1.807, 2.05) is 18.2 Å². The van der Waals surface area contributed by atoms with Crippen molar-refractivity contribution in [2.75, 3.05) is 31.6 Å². The summed E-state index contributed by atoms with van der Waals surface area (Å²) in [5.41, 5.74) is 4.56. The summed E-state index contributed by atoms with van der Waals surface area (Å²) in [4.78, 5) is 9.74. The number of aromatic nitrogens is 2. The highest BCUT2D eigenvalue weighted by atomic mass is 35.5. The first-order valence-electron chi connectivity index (χ1n) is 9.44. The third kappa shape index (κ3) is 3.10. The van der Waals surface area contributed by atoms with E-state index < -0.39 is 0 Å². The van der Waals surface area contributed by atoms with E-state index in [4.69, 9.17) is 28.2 Å². The minimum absolute atomic E-state index is 0.0143. The Morgan fingerprint density at radius 1 is 1.11 bits per heavy atom. The van der Waals surface area contributed by atoms with E-state index in [1.54, 1.807) is 0 Å².